The molecule has 70 valence electrons. The molecule has 0 atom stereocenters. The molecule has 0 aromatic rings. The van der Waals surface area contributed by atoms with Crippen molar-refractivity contribution in [3.63, 3.8) is 0 Å². The molecule has 0 aromatic heterocycles. The molecule has 0 N–H and O–H groups in total. The van der Waals surface area contributed by atoms with Crippen LogP contribution in [-0.2, 0) is 0 Å². The lowest BCUT2D eigenvalue weighted by molar-refractivity contribution is 0.786. The summed E-state index contributed by atoms with van der Waals surface area (Å²) in [7, 11) is -0.931. The highest BCUT2D eigenvalue weighted by molar-refractivity contribution is 6.76. The standard InChI is InChI=1S/C11H22Si/c1-6-8-9-11(7-2)10-12(3,4)5/h2,6,8-10H2,1,3-5H3. The van der Waals surface area contributed by atoms with Gasteiger partial charge in [-0.25, -0.2) is 0 Å². The van der Waals surface area contributed by atoms with Crippen molar-refractivity contribution >= 4 is 8.07 Å². The molecule has 0 aliphatic carbocycles. The molecule has 0 radical (unpaired) electrons. The Balaban J connectivity index is 3.95. The fourth-order valence-corrected chi connectivity index (χ4v) is 2.85. The van der Waals surface area contributed by atoms with E-state index < -0.39 is 8.07 Å². The van der Waals surface area contributed by atoms with E-state index in [1.165, 1.54) is 30.9 Å². The SMILES string of the molecule is C=C=C(CCCC)C[Si](C)(C)C. The van der Waals surface area contributed by atoms with Gasteiger partial charge >= 0.3 is 0 Å². The van der Waals surface area contributed by atoms with E-state index in [0.717, 1.165) is 0 Å². The lowest BCUT2D eigenvalue weighted by Crippen LogP contribution is -2.19. The van der Waals surface area contributed by atoms with E-state index in [2.05, 4.69) is 38.9 Å². The summed E-state index contributed by atoms with van der Waals surface area (Å²) in [5.41, 5.74) is 4.55. The molecule has 0 saturated carbocycles. The van der Waals surface area contributed by atoms with Crippen LogP contribution in [0.4, 0.5) is 0 Å². The Morgan fingerprint density at radius 1 is 1.33 bits per heavy atom. The first-order valence-corrected chi connectivity index (χ1v) is 8.58. The Hall–Kier alpha value is -0.263. The zero-order chi connectivity index (χ0) is 9.61. The third kappa shape index (κ3) is 6.45. The maximum atomic E-state index is 3.76. The molecular formula is C11H22Si. The second kappa shape index (κ2) is 5.39. The molecule has 0 saturated heterocycles. The summed E-state index contributed by atoms with van der Waals surface area (Å²) in [6.07, 6.45) is 3.78. The third-order valence-electron chi connectivity index (χ3n) is 1.83. The highest BCUT2D eigenvalue weighted by Gasteiger charge is 2.14. The van der Waals surface area contributed by atoms with E-state index in [1.54, 1.807) is 0 Å². The Morgan fingerprint density at radius 2 is 1.92 bits per heavy atom. The highest BCUT2D eigenvalue weighted by atomic mass is 28.3. The lowest BCUT2D eigenvalue weighted by atomic mass is 10.1. The monoisotopic (exact) mass is 182 g/mol. The van der Waals surface area contributed by atoms with Crippen LogP contribution < -0.4 is 0 Å². The minimum Gasteiger partial charge on any atom is -0.130 e. The molecule has 0 unspecified atom stereocenters. The topological polar surface area (TPSA) is 0 Å². The average Bonchev–Trinajstić information content (AvgIpc) is 1.95. The van der Waals surface area contributed by atoms with Crippen LogP contribution in [-0.4, -0.2) is 8.07 Å². The predicted molar refractivity (Wildman–Crippen MR) is 60.3 cm³/mol. The van der Waals surface area contributed by atoms with Crippen LogP contribution in [0.1, 0.15) is 26.2 Å². The number of hydrogen-bond acceptors (Lipinski definition) is 0. The van der Waals surface area contributed by atoms with Crippen LogP contribution in [0, 0.1) is 0 Å². The van der Waals surface area contributed by atoms with Crippen LogP contribution in [0.3, 0.4) is 0 Å². The molecule has 0 fully saturated rings. The summed E-state index contributed by atoms with van der Waals surface area (Å²) in [5.74, 6) is 0. The summed E-state index contributed by atoms with van der Waals surface area (Å²) in [6, 6.07) is 1.27. The molecule has 0 heterocycles. The van der Waals surface area contributed by atoms with Gasteiger partial charge in [0.25, 0.3) is 0 Å². The second-order valence-corrected chi connectivity index (χ2v) is 10.1. The van der Waals surface area contributed by atoms with Gasteiger partial charge in [0.2, 0.25) is 0 Å². The van der Waals surface area contributed by atoms with Gasteiger partial charge in [-0.05, 0) is 24.5 Å². The summed E-state index contributed by atoms with van der Waals surface area (Å²) in [5, 5.41) is 0. The third-order valence-corrected chi connectivity index (χ3v) is 3.31. The Bertz CT molecular complexity index is 168. The number of rotatable bonds is 5. The fourth-order valence-electron chi connectivity index (χ4n) is 1.27. The summed E-state index contributed by atoms with van der Waals surface area (Å²) < 4.78 is 0. The van der Waals surface area contributed by atoms with Gasteiger partial charge in [-0.1, -0.05) is 39.6 Å². The maximum Gasteiger partial charge on any atom is 0.0490 e. The van der Waals surface area contributed by atoms with Gasteiger partial charge in [0.15, 0.2) is 0 Å². The molecule has 0 rings (SSSR count). The van der Waals surface area contributed by atoms with Gasteiger partial charge in [-0.15, -0.1) is 5.73 Å². The summed E-state index contributed by atoms with van der Waals surface area (Å²) in [4.78, 5) is 0. The highest BCUT2D eigenvalue weighted by Crippen LogP contribution is 2.19. The van der Waals surface area contributed by atoms with E-state index in [4.69, 9.17) is 0 Å². The zero-order valence-electron chi connectivity index (χ0n) is 9.04. The molecule has 0 bridgehead atoms. The molecular weight excluding hydrogens is 160 g/mol. The summed E-state index contributed by atoms with van der Waals surface area (Å²) in [6.45, 7) is 13.2. The first kappa shape index (κ1) is 11.7. The second-order valence-electron chi connectivity index (χ2n) is 4.62. The zero-order valence-corrected chi connectivity index (χ0v) is 10.0. The fraction of sp³-hybridized carbons (Fsp3) is 0.727. The molecule has 0 aliphatic heterocycles. The number of unbranched alkanes of at least 4 members (excludes halogenated alkanes) is 1. The molecule has 0 nitrogen and oxygen atoms in total. The normalized spacial score (nSPS) is 11.0. The van der Waals surface area contributed by atoms with Crippen molar-refractivity contribution in [3.05, 3.63) is 17.9 Å². The average molecular weight is 182 g/mol. The van der Waals surface area contributed by atoms with Crippen molar-refractivity contribution in [3.8, 4) is 0 Å². The van der Waals surface area contributed by atoms with Gasteiger partial charge < -0.3 is 0 Å². The molecule has 12 heavy (non-hydrogen) atoms. The van der Waals surface area contributed by atoms with E-state index in [9.17, 15) is 0 Å². The smallest absolute Gasteiger partial charge is 0.0490 e. The number of hydrogen-bond donors (Lipinski definition) is 0. The van der Waals surface area contributed by atoms with Gasteiger partial charge in [0, 0.05) is 8.07 Å². The van der Waals surface area contributed by atoms with Crippen molar-refractivity contribution in [2.75, 3.05) is 0 Å². The van der Waals surface area contributed by atoms with E-state index in [1.807, 2.05) is 0 Å². The predicted octanol–water partition coefficient (Wildman–Crippen LogP) is 4.23. The van der Waals surface area contributed by atoms with Gasteiger partial charge in [0.1, 0.15) is 0 Å². The number of allylic oxidation sites excluding steroid dienone is 1. The molecule has 0 amide bonds. The van der Waals surface area contributed by atoms with Crippen LogP contribution in [0.2, 0.25) is 25.7 Å². The largest absolute Gasteiger partial charge is 0.130 e. The molecule has 0 aliphatic rings. The molecule has 0 spiro atoms. The Kier molecular flexibility index (Phi) is 5.28. The van der Waals surface area contributed by atoms with Crippen LogP contribution in [0.5, 0.6) is 0 Å². The lowest BCUT2D eigenvalue weighted by Gasteiger charge is -2.16. The van der Waals surface area contributed by atoms with Gasteiger partial charge in [0.05, 0.1) is 0 Å². The minimum atomic E-state index is -0.931. The quantitative estimate of drug-likeness (QED) is 0.441. The van der Waals surface area contributed by atoms with E-state index >= 15 is 0 Å². The van der Waals surface area contributed by atoms with Gasteiger partial charge in [-0.3, -0.25) is 0 Å². The van der Waals surface area contributed by atoms with Crippen molar-refractivity contribution in [1.82, 2.24) is 0 Å². The van der Waals surface area contributed by atoms with E-state index in [0.29, 0.717) is 0 Å². The first-order valence-electron chi connectivity index (χ1n) is 4.87. The van der Waals surface area contributed by atoms with Crippen LogP contribution in [0.25, 0.3) is 0 Å². The summed E-state index contributed by atoms with van der Waals surface area (Å²) >= 11 is 0. The maximum absolute atomic E-state index is 3.76. The van der Waals surface area contributed by atoms with Crippen LogP contribution >= 0.6 is 0 Å². The van der Waals surface area contributed by atoms with Crippen molar-refractivity contribution < 1.29 is 0 Å². The molecule has 0 aromatic carbocycles. The Labute approximate surface area is 78.4 Å². The minimum absolute atomic E-state index is 0.931. The van der Waals surface area contributed by atoms with Gasteiger partial charge in [-0.2, -0.15) is 0 Å². The first-order chi connectivity index (χ1) is 5.49. The van der Waals surface area contributed by atoms with Crippen molar-refractivity contribution in [2.24, 2.45) is 0 Å². The van der Waals surface area contributed by atoms with Crippen molar-refractivity contribution in [2.45, 2.75) is 51.9 Å². The molecule has 1 heteroatoms. The van der Waals surface area contributed by atoms with Crippen LogP contribution in [0.15, 0.2) is 17.9 Å². The van der Waals surface area contributed by atoms with Crippen molar-refractivity contribution in [1.29, 1.82) is 0 Å². The Morgan fingerprint density at radius 3 is 2.25 bits per heavy atom. The van der Waals surface area contributed by atoms with E-state index in [-0.39, 0.29) is 0 Å².